The van der Waals surface area contributed by atoms with Crippen LogP contribution in [0.25, 0.3) is 16.6 Å². The number of carbonyl (C=O) groups excluding carboxylic acids is 3. The van der Waals surface area contributed by atoms with Gasteiger partial charge in [-0.05, 0) is 54.6 Å². The molecule has 11 nitrogen and oxygen atoms in total. The van der Waals surface area contributed by atoms with Crippen LogP contribution in [0.2, 0.25) is 0 Å². The lowest BCUT2D eigenvalue weighted by molar-refractivity contribution is -0.153. The van der Waals surface area contributed by atoms with E-state index in [2.05, 4.69) is 21.8 Å². The fraction of sp³-hybridized carbons (Fsp3) is 0.148. The van der Waals surface area contributed by atoms with Crippen molar-refractivity contribution in [2.75, 3.05) is 13.7 Å². The molecule has 0 aliphatic carbocycles. The lowest BCUT2D eigenvalue weighted by Crippen LogP contribution is -2.69. The summed E-state index contributed by atoms with van der Waals surface area (Å²) in [6.45, 7) is 0.0530. The fourth-order valence-electron chi connectivity index (χ4n) is 4.09. The van der Waals surface area contributed by atoms with Gasteiger partial charge in [0.2, 0.25) is 0 Å². The molecule has 0 radical (unpaired) electrons. The van der Waals surface area contributed by atoms with Gasteiger partial charge in [0.1, 0.15) is 23.3 Å². The van der Waals surface area contributed by atoms with E-state index in [-0.39, 0.29) is 18.8 Å². The van der Waals surface area contributed by atoms with Gasteiger partial charge in [0, 0.05) is 18.9 Å². The molecule has 0 unspecified atom stereocenters. The Morgan fingerprint density at radius 3 is 2.34 bits per heavy atom. The Balaban J connectivity index is 1.34. The molecule has 4 amide bonds. The summed E-state index contributed by atoms with van der Waals surface area (Å²) in [7, 11) is 1.43. The van der Waals surface area contributed by atoms with E-state index < -0.39 is 23.4 Å². The topological polar surface area (TPSA) is 145 Å². The summed E-state index contributed by atoms with van der Waals surface area (Å²) in [6.07, 6.45) is 1.59. The Hall–Kier alpha value is -5.21. The Bertz CT molecular complexity index is 1570. The molecule has 0 bridgehead atoms. The number of hydrogen-bond donors (Lipinski definition) is 2. The highest BCUT2D eigenvalue weighted by Crippen LogP contribution is 2.30. The second kappa shape index (κ2) is 10.0. The number of amides is 4. The van der Waals surface area contributed by atoms with E-state index in [4.69, 9.17) is 14.2 Å². The molecular formula is C27H21N5O6. The summed E-state index contributed by atoms with van der Waals surface area (Å²) in [4.78, 5) is 36.7. The molecule has 0 spiro atoms. The molecule has 1 saturated heterocycles. The Labute approximate surface area is 216 Å². The SMILES string of the molecule is COCCC1(Oc2ccc(Oc3ccc4c(cnn4-c4ccccc4C#N)c3)cc2)C(=O)NC(=O)NC1=O. The predicted octanol–water partition coefficient (Wildman–Crippen LogP) is 3.21. The molecule has 3 aromatic carbocycles. The summed E-state index contributed by atoms with van der Waals surface area (Å²) >= 11 is 0. The first-order chi connectivity index (χ1) is 18.4. The monoisotopic (exact) mass is 511 g/mol. The molecule has 190 valence electrons. The highest BCUT2D eigenvalue weighted by Gasteiger charge is 2.52. The van der Waals surface area contributed by atoms with Crippen LogP contribution in [0.1, 0.15) is 12.0 Å². The van der Waals surface area contributed by atoms with Crippen molar-refractivity contribution in [2.24, 2.45) is 0 Å². The molecule has 1 aliphatic heterocycles. The smallest absolute Gasteiger partial charge is 0.328 e. The van der Waals surface area contributed by atoms with E-state index >= 15 is 0 Å². The van der Waals surface area contributed by atoms with Crippen LogP contribution in [-0.4, -0.2) is 46.9 Å². The molecule has 5 rings (SSSR count). The van der Waals surface area contributed by atoms with Gasteiger partial charge in [0.05, 0.1) is 29.6 Å². The van der Waals surface area contributed by atoms with E-state index in [9.17, 15) is 19.6 Å². The number of ether oxygens (including phenoxy) is 3. The number of fused-ring (bicyclic) bond motifs is 1. The number of urea groups is 1. The lowest BCUT2D eigenvalue weighted by Gasteiger charge is -2.34. The maximum absolute atomic E-state index is 12.6. The van der Waals surface area contributed by atoms with Crippen LogP contribution >= 0.6 is 0 Å². The number of para-hydroxylation sites is 1. The first kappa shape index (κ1) is 24.5. The molecule has 0 atom stereocenters. The van der Waals surface area contributed by atoms with Crippen LogP contribution in [-0.2, 0) is 14.3 Å². The number of barbiturate groups is 1. The fourth-order valence-corrected chi connectivity index (χ4v) is 4.09. The van der Waals surface area contributed by atoms with Crippen molar-refractivity contribution in [3.05, 3.63) is 78.5 Å². The van der Waals surface area contributed by atoms with Gasteiger partial charge in [-0.15, -0.1) is 0 Å². The van der Waals surface area contributed by atoms with Gasteiger partial charge in [0.15, 0.2) is 0 Å². The van der Waals surface area contributed by atoms with Crippen molar-refractivity contribution < 1.29 is 28.6 Å². The van der Waals surface area contributed by atoms with Crippen LogP contribution in [0.15, 0.2) is 72.9 Å². The molecule has 1 fully saturated rings. The summed E-state index contributed by atoms with van der Waals surface area (Å²) in [5, 5.41) is 18.8. The van der Waals surface area contributed by atoms with Crippen molar-refractivity contribution in [2.45, 2.75) is 12.0 Å². The number of carbonyl (C=O) groups is 3. The zero-order valence-corrected chi connectivity index (χ0v) is 20.1. The second-order valence-corrected chi connectivity index (χ2v) is 8.39. The minimum Gasteiger partial charge on any atom is -0.467 e. The maximum Gasteiger partial charge on any atom is 0.328 e. The molecule has 11 heteroatoms. The number of aromatic nitrogens is 2. The number of nitrogens with one attached hydrogen (secondary N) is 2. The Morgan fingerprint density at radius 1 is 0.947 bits per heavy atom. The second-order valence-electron chi connectivity index (χ2n) is 8.39. The average molecular weight is 511 g/mol. The van der Waals surface area contributed by atoms with Crippen LogP contribution in [0.5, 0.6) is 17.2 Å². The molecule has 4 aromatic rings. The van der Waals surface area contributed by atoms with Crippen molar-refractivity contribution in [3.8, 4) is 29.0 Å². The van der Waals surface area contributed by atoms with Crippen LogP contribution in [0.3, 0.4) is 0 Å². The number of nitrogens with zero attached hydrogens (tertiary/aromatic N) is 3. The van der Waals surface area contributed by atoms with Crippen molar-refractivity contribution in [1.82, 2.24) is 20.4 Å². The third kappa shape index (κ3) is 4.52. The summed E-state index contributed by atoms with van der Waals surface area (Å²) < 4.78 is 18.5. The summed E-state index contributed by atoms with van der Waals surface area (Å²) in [6, 6.07) is 20.3. The van der Waals surface area contributed by atoms with E-state index in [0.717, 1.165) is 10.9 Å². The van der Waals surface area contributed by atoms with Gasteiger partial charge < -0.3 is 14.2 Å². The minimum atomic E-state index is -1.96. The van der Waals surface area contributed by atoms with Gasteiger partial charge in [-0.25, -0.2) is 9.48 Å². The van der Waals surface area contributed by atoms with Gasteiger partial charge in [0.25, 0.3) is 17.4 Å². The molecule has 38 heavy (non-hydrogen) atoms. The first-order valence-corrected chi connectivity index (χ1v) is 11.5. The summed E-state index contributed by atoms with van der Waals surface area (Å²) in [5.41, 5.74) is 0.0515. The van der Waals surface area contributed by atoms with E-state index in [1.54, 1.807) is 53.3 Å². The van der Waals surface area contributed by atoms with Crippen molar-refractivity contribution >= 4 is 28.7 Å². The molecule has 2 heterocycles. The van der Waals surface area contributed by atoms with Crippen molar-refractivity contribution in [1.29, 1.82) is 5.26 Å². The standard InChI is InChI=1S/C27H21N5O6/c1-36-13-12-27(24(33)30-26(35)31-25(27)34)38-20-8-6-19(7-9-20)37-21-10-11-23-18(14-21)16-29-32(23)22-5-3-2-4-17(22)15-28/h2-11,14,16H,12-13H2,1H3,(H2,30,31,33,34,35). The highest BCUT2D eigenvalue weighted by molar-refractivity contribution is 6.21. The third-order valence-electron chi connectivity index (χ3n) is 5.99. The number of methoxy groups -OCH3 is 1. The number of imide groups is 2. The van der Waals surface area contributed by atoms with Crippen LogP contribution in [0, 0.1) is 11.3 Å². The number of benzene rings is 3. The maximum atomic E-state index is 12.6. The number of nitriles is 1. The van der Waals surface area contributed by atoms with E-state index in [1.807, 2.05) is 24.3 Å². The van der Waals surface area contributed by atoms with Crippen LogP contribution in [0.4, 0.5) is 4.79 Å². The van der Waals surface area contributed by atoms with E-state index in [1.165, 1.54) is 7.11 Å². The Morgan fingerprint density at radius 2 is 1.63 bits per heavy atom. The normalized spacial score (nSPS) is 14.5. The number of hydrogen-bond acceptors (Lipinski definition) is 8. The average Bonchev–Trinajstić information content (AvgIpc) is 3.34. The minimum absolute atomic E-state index is 0.0530. The largest absolute Gasteiger partial charge is 0.467 e. The summed E-state index contributed by atoms with van der Waals surface area (Å²) in [5.74, 6) is -0.469. The predicted molar refractivity (Wildman–Crippen MR) is 134 cm³/mol. The van der Waals surface area contributed by atoms with Gasteiger partial charge in [-0.2, -0.15) is 10.4 Å². The number of rotatable bonds is 8. The van der Waals surface area contributed by atoms with Crippen molar-refractivity contribution in [3.63, 3.8) is 0 Å². The highest BCUT2D eigenvalue weighted by atomic mass is 16.5. The quantitative estimate of drug-likeness (QED) is 0.343. The molecule has 2 N–H and O–H groups in total. The zero-order chi connectivity index (χ0) is 26.7. The molecule has 1 aliphatic rings. The van der Waals surface area contributed by atoms with E-state index in [0.29, 0.717) is 22.7 Å². The third-order valence-corrected chi connectivity index (χ3v) is 5.99. The molecule has 1 aromatic heterocycles. The zero-order valence-electron chi connectivity index (χ0n) is 20.1. The van der Waals surface area contributed by atoms with Gasteiger partial charge >= 0.3 is 6.03 Å². The van der Waals surface area contributed by atoms with Gasteiger partial charge in [-0.3, -0.25) is 20.2 Å². The van der Waals surface area contributed by atoms with Crippen LogP contribution < -0.4 is 20.1 Å². The lowest BCUT2D eigenvalue weighted by atomic mass is 9.95. The Kier molecular flexibility index (Phi) is 6.47. The molecule has 0 saturated carbocycles. The van der Waals surface area contributed by atoms with Gasteiger partial charge in [-0.1, -0.05) is 12.1 Å². The first-order valence-electron chi connectivity index (χ1n) is 11.5. The molecular weight excluding hydrogens is 490 g/mol.